The van der Waals surface area contributed by atoms with E-state index < -0.39 is 0 Å². The number of benzene rings is 1. The van der Waals surface area contributed by atoms with Gasteiger partial charge < -0.3 is 10.2 Å². The molecule has 0 bridgehead atoms. The second-order valence-corrected chi connectivity index (χ2v) is 4.48. The van der Waals surface area contributed by atoms with E-state index >= 15 is 0 Å². The van der Waals surface area contributed by atoms with Crippen molar-refractivity contribution in [2.45, 2.75) is 26.6 Å². The average Bonchev–Trinajstić information content (AvgIpc) is 2.93. The fourth-order valence-electron chi connectivity index (χ4n) is 2.06. The summed E-state index contributed by atoms with van der Waals surface area (Å²) in [5.41, 5.74) is 6.76. The van der Waals surface area contributed by atoms with E-state index in [1.165, 1.54) is 0 Å². The highest BCUT2D eigenvalue weighted by Crippen LogP contribution is 2.16. The lowest BCUT2D eigenvalue weighted by atomic mass is 10.1. The summed E-state index contributed by atoms with van der Waals surface area (Å²) in [4.78, 5) is 2.12. The van der Waals surface area contributed by atoms with E-state index in [0.29, 0.717) is 24.2 Å². The van der Waals surface area contributed by atoms with Crippen molar-refractivity contribution in [2.75, 3.05) is 6.54 Å². The van der Waals surface area contributed by atoms with Crippen molar-refractivity contribution in [1.82, 2.24) is 4.90 Å². The Labute approximate surface area is 112 Å². The Kier molecular flexibility index (Phi) is 4.71. The smallest absolute Gasteiger partial charge is 0.132 e. The first-order valence-corrected chi connectivity index (χ1v) is 6.45. The van der Waals surface area contributed by atoms with Crippen LogP contribution in [0, 0.1) is 5.82 Å². The second-order valence-electron chi connectivity index (χ2n) is 4.48. The van der Waals surface area contributed by atoms with Gasteiger partial charge in [0.2, 0.25) is 0 Å². The van der Waals surface area contributed by atoms with Crippen LogP contribution in [0.4, 0.5) is 4.39 Å². The van der Waals surface area contributed by atoms with Crippen LogP contribution in [0.1, 0.15) is 23.8 Å². The highest BCUT2D eigenvalue weighted by Gasteiger charge is 2.11. The van der Waals surface area contributed by atoms with E-state index in [-0.39, 0.29) is 12.4 Å². The zero-order valence-electron chi connectivity index (χ0n) is 11.1. The molecule has 0 aliphatic heterocycles. The predicted octanol–water partition coefficient (Wildman–Crippen LogP) is 2.90. The molecule has 0 aliphatic rings. The summed E-state index contributed by atoms with van der Waals surface area (Å²) in [5, 5.41) is 0. The normalized spacial score (nSPS) is 11.2. The fourth-order valence-corrected chi connectivity index (χ4v) is 2.06. The summed E-state index contributed by atoms with van der Waals surface area (Å²) in [5.74, 6) is 0.695. The third kappa shape index (κ3) is 3.43. The van der Waals surface area contributed by atoms with Gasteiger partial charge in [-0.3, -0.25) is 4.90 Å². The number of nitrogens with zero attached hydrogens (tertiary/aromatic N) is 1. The van der Waals surface area contributed by atoms with Crippen LogP contribution < -0.4 is 5.73 Å². The number of furan rings is 1. The monoisotopic (exact) mass is 262 g/mol. The third-order valence-electron chi connectivity index (χ3n) is 3.18. The lowest BCUT2D eigenvalue weighted by Crippen LogP contribution is -2.23. The first-order chi connectivity index (χ1) is 9.24. The van der Waals surface area contributed by atoms with Crippen molar-refractivity contribution in [2.24, 2.45) is 5.73 Å². The average molecular weight is 262 g/mol. The van der Waals surface area contributed by atoms with Crippen LogP contribution in [0.3, 0.4) is 0 Å². The van der Waals surface area contributed by atoms with Gasteiger partial charge in [-0.25, -0.2) is 4.39 Å². The van der Waals surface area contributed by atoms with E-state index in [1.54, 1.807) is 18.4 Å². The first-order valence-electron chi connectivity index (χ1n) is 6.45. The largest absolute Gasteiger partial charge is 0.468 e. The number of rotatable bonds is 6. The van der Waals surface area contributed by atoms with Gasteiger partial charge in [-0.05, 0) is 18.7 Å². The van der Waals surface area contributed by atoms with Crippen molar-refractivity contribution in [3.8, 4) is 0 Å². The molecule has 3 nitrogen and oxygen atoms in total. The molecule has 1 heterocycles. The number of halogens is 1. The van der Waals surface area contributed by atoms with E-state index in [0.717, 1.165) is 12.3 Å². The lowest BCUT2D eigenvalue weighted by molar-refractivity contribution is 0.244. The van der Waals surface area contributed by atoms with Crippen LogP contribution in [0.2, 0.25) is 0 Å². The van der Waals surface area contributed by atoms with Gasteiger partial charge in [0.25, 0.3) is 0 Å². The summed E-state index contributed by atoms with van der Waals surface area (Å²) in [6.07, 6.45) is 1.65. The quantitative estimate of drug-likeness (QED) is 0.870. The molecule has 1 aromatic carbocycles. The Morgan fingerprint density at radius 3 is 2.58 bits per heavy atom. The van der Waals surface area contributed by atoms with Gasteiger partial charge in [-0.15, -0.1) is 0 Å². The van der Waals surface area contributed by atoms with Gasteiger partial charge in [-0.1, -0.05) is 25.1 Å². The van der Waals surface area contributed by atoms with E-state index in [4.69, 9.17) is 10.2 Å². The Balaban J connectivity index is 2.10. The molecule has 1 aromatic heterocycles. The molecule has 0 spiro atoms. The molecule has 4 heteroatoms. The van der Waals surface area contributed by atoms with Crippen molar-refractivity contribution in [3.05, 3.63) is 59.3 Å². The van der Waals surface area contributed by atoms with Gasteiger partial charge in [-0.2, -0.15) is 0 Å². The van der Waals surface area contributed by atoms with Crippen molar-refractivity contribution < 1.29 is 8.81 Å². The van der Waals surface area contributed by atoms with Gasteiger partial charge in [0.15, 0.2) is 0 Å². The topological polar surface area (TPSA) is 42.4 Å². The Bertz CT molecular complexity index is 511. The van der Waals surface area contributed by atoms with Crippen LogP contribution in [0.25, 0.3) is 0 Å². The first kappa shape index (κ1) is 13.8. The van der Waals surface area contributed by atoms with E-state index in [9.17, 15) is 4.39 Å². The van der Waals surface area contributed by atoms with Gasteiger partial charge in [0.1, 0.15) is 11.6 Å². The molecule has 2 N–H and O–H groups in total. The SMILES string of the molecule is CCN(Cc1ccco1)Cc1cccc(CN)c1F. The number of hydrogen-bond donors (Lipinski definition) is 1. The number of hydrogen-bond acceptors (Lipinski definition) is 3. The van der Waals surface area contributed by atoms with Crippen LogP contribution in [0.5, 0.6) is 0 Å². The van der Waals surface area contributed by atoms with Gasteiger partial charge in [0, 0.05) is 24.2 Å². The molecule has 0 atom stereocenters. The zero-order valence-corrected chi connectivity index (χ0v) is 11.1. The summed E-state index contributed by atoms with van der Waals surface area (Å²) in [7, 11) is 0. The molecular formula is C15H19FN2O. The van der Waals surface area contributed by atoms with Crippen LogP contribution in [-0.2, 0) is 19.6 Å². The molecule has 19 heavy (non-hydrogen) atoms. The fraction of sp³-hybridized carbons (Fsp3) is 0.333. The van der Waals surface area contributed by atoms with Crippen molar-refractivity contribution in [1.29, 1.82) is 0 Å². The maximum atomic E-state index is 14.1. The highest BCUT2D eigenvalue weighted by atomic mass is 19.1. The van der Waals surface area contributed by atoms with Gasteiger partial charge >= 0.3 is 0 Å². The Morgan fingerprint density at radius 1 is 1.16 bits per heavy atom. The molecule has 0 saturated heterocycles. The maximum Gasteiger partial charge on any atom is 0.132 e. The molecule has 0 unspecified atom stereocenters. The molecule has 102 valence electrons. The standard InChI is InChI=1S/C15H19FN2O/c1-2-18(11-14-7-4-8-19-14)10-13-6-3-5-12(9-17)15(13)16/h3-8H,2,9-11,17H2,1H3. The summed E-state index contributed by atoms with van der Waals surface area (Å²) >= 11 is 0. The minimum Gasteiger partial charge on any atom is -0.468 e. The minimum atomic E-state index is -0.192. The lowest BCUT2D eigenvalue weighted by Gasteiger charge is -2.20. The van der Waals surface area contributed by atoms with Crippen LogP contribution in [0.15, 0.2) is 41.0 Å². The maximum absolute atomic E-state index is 14.1. The molecule has 0 radical (unpaired) electrons. The zero-order chi connectivity index (χ0) is 13.7. The molecule has 0 saturated carbocycles. The molecule has 0 amide bonds. The summed E-state index contributed by atoms with van der Waals surface area (Å²) < 4.78 is 19.4. The van der Waals surface area contributed by atoms with Crippen LogP contribution >= 0.6 is 0 Å². The Morgan fingerprint density at radius 2 is 1.95 bits per heavy atom. The second kappa shape index (κ2) is 6.50. The van der Waals surface area contributed by atoms with Crippen molar-refractivity contribution in [3.63, 3.8) is 0 Å². The summed E-state index contributed by atoms with van der Waals surface area (Å²) in [6.45, 7) is 4.33. The highest BCUT2D eigenvalue weighted by molar-refractivity contribution is 5.25. The predicted molar refractivity (Wildman–Crippen MR) is 72.8 cm³/mol. The van der Waals surface area contributed by atoms with E-state index in [2.05, 4.69) is 4.90 Å². The molecule has 2 aromatic rings. The van der Waals surface area contributed by atoms with E-state index in [1.807, 2.05) is 25.1 Å². The molecule has 2 rings (SSSR count). The third-order valence-corrected chi connectivity index (χ3v) is 3.18. The molecule has 0 aliphatic carbocycles. The van der Waals surface area contributed by atoms with Crippen LogP contribution in [-0.4, -0.2) is 11.4 Å². The summed E-state index contributed by atoms with van der Waals surface area (Å²) in [6, 6.07) is 9.16. The van der Waals surface area contributed by atoms with Crippen molar-refractivity contribution >= 4 is 0 Å². The molecule has 0 fully saturated rings. The Hall–Kier alpha value is -1.65. The minimum absolute atomic E-state index is 0.192. The number of nitrogens with two attached hydrogens (primary N) is 1. The molecular weight excluding hydrogens is 243 g/mol. The van der Waals surface area contributed by atoms with Gasteiger partial charge in [0.05, 0.1) is 12.8 Å².